The first kappa shape index (κ1) is 25.2. The Bertz CT molecular complexity index is 1430. The molecule has 38 heavy (non-hydrogen) atoms. The number of benzene rings is 1. The quantitative estimate of drug-likeness (QED) is 0.412. The van der Waals surface area contributed by atoms with Gasteiger partial charge in [0.05, 0.1) is 24.5 Å². The van der Waals surface area contributed by atoms with E-state index >= 15 is 0 Å². The fraction of sp³-hybridized carbons (Fsp3) is 0.370. The van der Waals surface area contributed by atoms with Crippen molar-refractivity contribution in [3.05, 3.63) is 55.1 Å². The maximum absolute atomic E-state index is 12.6. The van der Waals surface area contributed by atoms with Crippen LogP contribution in [0.25, 0.3) is 16.6 Å². The lowest BCUT2D eigenvalue weighted by atomic mass is 10.2. The number of carbonyl (C=O) groups excluding carboxylic acids is 1. The monoisotopic (exact) mass is 516 g/mol. The van der Waals surface area contributed by atoms with Gasteiger partial charge in [-0.25, -0.2) is 19.4 Å². The third-order valence-electron chi connectivity index (χ3n) is 6.24. The maximum Gasteiger partial charge on any atom is 0.410 e. The van der Waals surface area contributed by atoms with Crippen LogP contribution in [0, 0.1) is 0 Å². The Hall–Kier alpha value is -4.41. The van der Waals surface area contributed by atoms with E-state index in [4.69, 9.17) is 14.6 Å². The number of nitrogens with one attached hydrogen (secondary N) is 1. The van der Waals surface area contributed by atoms with Crippen LogP contribution in [-0.2, 0) is 4.74 Å². The number of ether oxygens (including phenoxy) is 2. The molecule has 0 saturated carbocycles. The minimum atomic E-state index is -0.524. The molecule has 1 N–H and O–H groups in total. The second-order valence-electron chi connectivity index (χ2n) is 10.2. The van der Waals surface area contributed by atoms with Crippen LogP contribution < -0.4 is 15.0 Å². The molecule has 1 amide bonds. The summed E-state index contributed by atoms with van der Waals surface area (Å²) in [6, 6.07) is 9.81. The Morgan fingerprint density at radius 3 is 2.63 bits per heavy atom. The van der Waals surface area contributed by atoms with Gasteiger partial charge in [-0.2, -0.15) is 0 Å². The molecule has 0 unspecified atom stereocenters. The lowest BCUT2D eigenvalue weighted by molar-refractivity contribution is 0.0218. The third kappa shape index (κ3) is 5.31. The van der Waals surface area contributed by atoms with Crippen LogP contribution in [0.4, 0.5) is 22.2 Å². The van der Waals surface area contributed by atoms with E-state index in [0.717, 1.165) is 28.2 Å². The summed E-state index contributed by atoms with van der Waals surface area (Å²) in [5.41, 5.74) is 1.20. The summed E-state index contributed by atoms with van der Waals surface area (Å²) < 4.78 is 12.9. The van der Waals surface area contributed by atoms with Crippen LogP contribution in [0.5, 0.6) is 5.75 Å². The van der Waals surface area contributed by atoms with Crippen LogP contribution in [0.15, 0.2) is 55.1 Å². The Labute approximate surface area is 221 Å². The number of carbonyl (C=O) groups is 1. The normalized spacial score (nSPS) is 16.0. The second-order valence-corrected chi connectivity index (χ2v) is 10.2. The third-order valence-corrected chi connectivity index (χ3v) is 6.24. The lowest BCUT2D eigenvalue weighted by Crippen LogP contribution is -2.54. The van der Waals surface area contributed by atoms with Gasteiger partial charge in [0, 0.05) is 61.8 Å². The van der Waals surface area contributed by atoms with E-state index in [-0.39, 0.29) is 12.1 Å². The number of fused-ring (bicyclic) bond motifs is 1. The second kappa shape index (κ2) is 10.2. The number of methoxy groups -OCH3 is 1. The molecule has 1 aliphatic heterocycles. The molecule has 198 valence electrons. The summed E-state index contributed by atoms with van der Waals surface area (Å²) in [4.78, 5) is 29.6. The molecule has 1 atom stereocenters. The fourth-order valence-corrected chi connectivity index (χ4v) is 4.48. The SMILES string of the molecule is COc1ccc2c(Nc3cnccn3)nn(-c3ccnc(N4CCN(C(=O)OC(C)(C)C)C[C@@H]4C)c3)c2c1. The number of hydrogen-bond donors (Lipinski definition) is 1. The van der Waals surface area contributed by atoms with Gasteiger partial charge in [-0.3, -0.25) is 4.98 Å². The highest BCUT2D eigenvalue weighted by Crippen LogP contribution is 2.31. The molecule has 4 heterocycles. The number of nitrogens with zero attached hydrogens (tertiary/aromatic N) is 7. The topological polar surface area (TPSA) is 111 Å². The van der Waals surface area contributed by atoms with Crippen molar-refractivity contribution in [2.24, 2.45) is 0 Å². The van der Waals surface area contributed by atoms with Crippen molar-refractivity contribution in [1.82, 2.24) is 29.6 Å². The zero-order valence-electron chi connectivity index (χ0n) is 22.3. The van der Waals surface area contributed by atoms with Gasteiger partial charge in [0.2, 0.25) is 0 Å². The highest BCUT2D eigenvalue weighted by Gasteiger charge is 2.30. The summed E-state index contributed by atoms with van der Waals surface area (Å²) in [7, 11) is 1.64. The van der Waals surface area contributed by atoms with Crippen molar-refractivity contribution < 1.29 is 14.3 Å². The molecule has 1 saturated heterocycles. The minimum absolute atomic E-state index is 0.0577. The Morgan fingerprint density at radius 2 is 1.92 bits per heavy atom. The summed E-state index contributed by atoms with van der Waals surface area (Å²) in [5, 5.41) is 9.05. The molecule has 0 radical (unpaired) electrons. The van der Waals surface area contributed by atoms with Gasteiger partial charge in [-0.1, -0.05) is 0 Å². The number of aromatic nitrogens is 5. The van der Waals surface area contributed by atoms with Gasteiger partial charge in [0.1, 0.15) is 23.0 Å². The molecule has 1 aromatic carbocycles. The van der Waals surface area contributed by atoms with Crippen LogP contribution in [0.1, 0.15) is 27.7 Å². The molecular weight excluding hydrogens is 484 g/mol. The summed E-state index contributed by atoms with van der Waals surface area (Å²) in [6.45, 7) is 9.47. The van der Waals surface area contributed by atoms with Crippen LogP contribution in [0.3, 0.4) is 0 Å². The number of amides is 1. The van der Waals surface area contributed by atoms with E-state index in [9.17, 15) is 4.79 Å². The first-order valence-electron chi connectivity index (χ1n) is 12.5. The van der Waals surface area contributed by atoms with Crippen molar-refractivity contribution in [1.29, 1.82) is 0 Å². The van der Waals surface area contributed by atoms with Crippen molar-refractivity contribution in [3.63, 3.8) is 0 Å². The molecule has 0 spiro atoms. The average molecular weight is 517 g/mol. The number of piperazine rings is 1. The van der Waals surface area contributed by atoms with E-state index in [1.807, 2.05) is 55.8 Å². The van der Waals surface area contributed by atoms with E-state index in [1.54, 1.807) is 36.8 Å². The molecule has 3 aromatic heterocycles. The molecule has 4 aromatic rings. The molecular formula is C27H32N8O3. The predicted octanol–water partition coefficient (Wildman–Crippen LogP) is 4.41. The average Bonchev–Trinajstić information content (AvgIpc) is 3.25. The number of anilines is 3. The van der Waals surface area contributed by atoms with Gasteiger partial charge in [-0.15, -0.1) is 5.10 Å². The van der Waals surface area contributed by atoms with Crippen LogP contribution in [0.2, 0.25) is 0 Å². The van der Waals surface area contributed by atoms with E-state index in [0.29, 0.717) is 31.3 Å². The number of pyridine rings is 1. The molecule has 1 fully saturated rings. The minimum Gasteiger partial charge on any atom is -0.497 e. The van der Waals surface area contributed by atoms with Gasteiger partial charge < -0.3 is 24.6 Å². The highest BCUT2D eigenvalue weighted by atomic mass is 16.6. The van der Waals surface area contributed by atoms with E-state index in [1.165, 1.54) is 0 Å². The highest BCUT2D eigenvalue weighted by molar-refractivity contribution is 5.93. The summed E-state index contributed by atoms with van der Waals surface area (Å²) >= 11 is 0. The van der Waals surface area contributed by atoms with Crippen LogP contribution in [-0.4, -0.2) is 74.1 Å². The Kier molecular flexibility index (Phi) is 6.75. The van der Waals surface area contributed by atoms with Crippen molar-refractivity contribution in [3.8, 4) is 11.4 Å². The van der Waals surface area contributed by atoms with Gasteiger partial charge in [-0.05, 0) is 45.9 Å². The molecule has 0 aliphatic carbocycles. The van der Waals surface area contributed by atoms with Crippen LogP contribution >= 0.6 is 0 Å². The smallest absolute Gasteiger partial charge is 0.410 e. The molecule has 0 bridgehead atoms. The van der Waals surface area contributed by atoms with Crippen molar-refractivity contribution in [2.45, 2.75) is 39.3 Å². The first-order valence-corrected chi connectivity index (χ1v) is 12.5. The summed E-state index contributed by atoms with van der Waals surface area (Å²) in [5.74, 6) is 2.79. The molecule has 1 aliphatic rings. The Balaban J connectivity index is 1.44. The Morgan fingerprint density at radius 1 is 1.08 bits per heavy atom. The number of rotatable bonds is 5. The zero-order chi connectivity index (χ0) is 26.9. The van der Waals surface area contributed by atoms with Gasteiger partial charge in [0.25, 0.3) is 0 Å². The van der Waals surface area contributed by atoms with E-state index in [2.05, 4.69) is 32.1 Å². The number of hydrogen-bond acceptors (Lipinski definition) is 9. The van der Waals surface area contributed by atoms with Gasteiger partial charge >= 0.3 is 6.09 Å². The van der Waals surface area contributed by atoms with Gasteiger partial charge in [0.15, 0.2) is 5.82 Å². The molecule has 11 heteroatoms. The predicted molar refractivity (Wildman–Crippen MR) is 145 cm³/mol. The molecule has 11 nitrogen and oxygen atoms in total. The lowest BCUT2D eigenvalue weighted by Gasteiger charge is -2.40. The standard InChI is InChI=1S/C27H32N8O3/c1-18-17-33(26(36)38-27(2,3)4)12-13-34(18)24-14-19(8-9-30-24)35-22-15-20(37-5)6-7-21(22)25(32-35)31-23-16-28-10-11-29-23/h6-11,14-16,18H,12-13,17H2,1-5H3,(H,29,31,32)/t18-/m0/s1. The first-order chi connectivity index (χ1) is 18.2. The maximum atomic E-state index is 12.6. The largest absolute Gasteiger partial charge is 0.497 e. The summed E-state index contributed by atoms with van der Waals surface area (Å²) in [6.07, 6.45) is 6.40. The molecule has 5 rings (SSSR count). The van der Waals surface area contributed by atoms with Crippen molar-refractivity contribution in [2.75, 3.05) is 37.0 Å². The van der Waals surface area contributed by atoms with Crippen molar-refractivity contribution >= 4 is 34.4 Å². The zero-order valence-corrected chi connectivity index (χ0v) is 22.3. The fourth-order valence-electron chi connectivity index (χ4n) is 4.48. The van der Waals surface area contributed by atoms with E-state index < -0.39 is 5.60 Å².